The standard InChI is InChI=1S/C14H18N2O2/c1-9(2)10-4-5-13(18-3)12(6-10)14-15-7-11(8-17)16-14/h4-7,9,17H,8H2,1-3H3,(H,15,16). The number of ether oxygens (including phenoxy) is 1. The molecule has 0 bridgehead atoms. The van der Waals surface area contributed by atoms with Gasteiger partial charge in [-0.25, -0.2) is 4.98 Å². The van der Waals surface area contributed by atoms with Crippen LogP contribution in [0.5, 0.6) is 5.75 Å². The van der Waals surface area contributed by atoms with E-state index in [0.717, 1.165) is 17.1 Å². The molecule has 0 unspecified atom stereocenters. The van der Waals surface area contributed by atoms with E-state index in [1.807, 2.05) is 6.07 Å². The molecule has 18 heavy (non-hydrogen) atoms. The van der Waals surface area contributed by atoms with Gasteiger partial charge in [-0.15, -0.1) is 0 Å². The van der Waals surface area contributed by atoms with Gasteiger partial charge in [-0.3, -0.25) is 0 Å². The van der Waals surface area contributed by atoms with Gasteiger partial charge in [0.25, 0.3) is 0 Å². The fourth-order valence-corrected chi connectivity index (χ4v) is 1.85. The summed E-state index contributed by atoms with van der Waals surface area (Å²) in [4.78, 5) is 7.35. The lowest BCUT2D eigenvalue weighted by Gasteiger charge is -2.11. The molecule has 1 aromatic heterocycles. The summed E-state index contributed by atoms with van der Waals surface area (Å²) in [5.41, 5.74) is 2.85. The Kier molecular flexibility index (Phi) is 3.67. The smallest absolute Gasteiger partial charge is 0.141 e. The second-order valence-electron chi connectivity index (χ2n) is 4.53. The predicted molar refractivity (Wildman–Crippen MR) is 70.6 cm³/mol. The highest BCUT2D eigenvalue weighted by Crippen LogP contribution is 2.31. The van der Waals surface area contributed by atoms with Crippen molar-refractivity contribution in [2.75, 3.05) is 7.11 Å². The molecule has 0 aliphatic carbocycles. The zero-order valence-corrected chi connectivity index (χ0v) is 10.9. The van der Waals surface area contributed by atoms with Gasteiger partial charge < -0.3 is 14.8 Å². The lowest BCUT2D eigenvalue weighted by molar-refractivity contribution is 0.277. The minimum Gasteiger partial charge on any atom is -0.496 e. The molecule has 4 nitrogen and oxygen atoms in total. The van der Waals surface area contributed by atoms with E-state index in [1.54, 1.807) is 13.3 Å². The minimum absolute atomic E-state index is 0.0425. The molecular weight excluding hydrogens is 228 g/mol. The quantitative estimate of drug-likeness (QED) is 0.872. The van der Waals surface area contributed by atoms with Gasteiger partial charge in [0.2, 0.25) is 0 Å². The third-order valence-electron chi connectivity index (χ3n) is 2.94. The van der Waals surface area contributed by atoms with Crippen molar-refractivity contribution >= 4 is 0 Å². The molecule has 0 atom stereocenters. The zero-order chi connectivity index (χ0) is 13.1. The molecule has 0 fully saturated rings. The van der Waals surface area contributed by atoms with Crippen LogP contribution in [0, 0.1) is 0 Å². The molecule has 0 radical (unpaired) electrons. The largest absolute Gasteiger partial charge is 0.496 e. The SMILES string of the molecule is COc1ccc(C(C)C)cc1-c1ncc(CO)[nH]1. The van der Waals surface area contributed by atoms with Crippen LogP contribution in [0.25, 0.3) is 11.4 Å². The van der Waals surface area contributed by atoms with Gasteiger partial charge in [-0.2, -0.15) is 0 Å². The highest BCUT2D eigenvalue weighted by molar-refractivity contribution is 5.65. The molecule has 96 valence electrons. The average molecular weight is 246 g/mol. The predicted octanol–water partition coefficient (Wildman–Crippen LogP) is 2.70. The van der Waals surface area contributed by atoms with E-state index in [9.17, 15) is 0 Å². The number of aromatic nitrogens is 2. The first-order valence-electron chi connectivity index (χ1n) is 5.98. The van der Waals surface area contributed by atoms with E-state index >= 15 is 0 Å². The first-order chi connectivity index (χ1) is 8.65. The molecule has 1 heterocycles. The van der Waals surface area contributed by atoms with Crippen molar-refractivity contribution in [2.45, 2.75) is 26.4 Å². The molecule has 0 saturated carbocycles. The van der Waals surface area contributed by atoms with Crippen molar-refractivity contribution in [2.24, 2.45) is 0 Å². The number of nitrogens with one attached hydrogen (secondary N) is 1. The fourth-order valence-electron chi connectivity index (χ4n) is 1.85. The number of aliphatic hydroxyl groups is 1. The summed E-state index contributed by atoms with van der Waals surface area (Å²) in [6, 6.07) is 6.08. The second-order valence-corrected chi connectivity index (χ2v) is 4.53. The number of aromatic amines is 1. The van der Waals surface area contributed by atoms with Crippen LogP contribution in [-0.2, 0) is 6.61 Å². The summed E-state index contributed by atoms with van der Waals surface area (Å²) in [6.45, 7) is 4.25. The third kappa shape index (κ3) is 2.38. The number of hydrogen-bond donors (Lipinski definition) is 2. The topological polar surface area (TPSA) is 58.1 Å². The Labute approximate surface area is 107 Å². The third-order valence-corrected chi connectivity index (χ3v) is 2.94. The molecular formula is C14H18N2O2. The first kappa shape index (κ1) is 12.6. The van der Waals surface area contributed by atoms with Gasteiger partial charge in [-0.05, 0) is 23.6 Å². The van der Waals surface area contributed by atoms with Crippen molar-refractivity contribution in [1.29, 1.82) is 0 Å². The first-order valence-corrected chi connectivity index (χ1v) is 5.98. The van der Waals surface area contributed by atoms with Gasteiger partial charge in [-0.1, -0.05) is 19.9 Å². The lowest BCUT2D eigenvalue weighted by Crippen LogP contribution is -1.94. The van der Waals surface area contributed by atoms with Gasteiger partial charge in [0.1, 0.15) is 11.6 Å². The Morgan fingerprint density at radius 1 is 1.39 bits per heavy atom. The molecule has 2 aromatic rings. The summed E-state index contributed by atoms with van der Waals surface area (Å²) in [6.07, 6.45) is 1.64. The number of imidazole rings is 1. The lowest BCUT2D eigenvalue weighted by atomic mass is 10.00. The van der Waals surface area contributed by atoms with Gasteiger partial charge in [0.15, 0.2) is 0 Å². The fraction of sp³-hybridized carbons (Fsp3) is 0.357. The second kappa shape index (κ2) is 5.23. The van der Waals surface area contributed by atoms with Crippen LogP contribution < -0.4 is 4.74 Å². The molecule has 0 aliphatic rings. The van der Waals surface area contributed by atoms with Crippen LogP contribution in [0.4, 0.5) is 0 Å². The minimum atomic E-state index is -0.0425. The van der Waals surface area contributed by atoms with Gasteiger partial charge in [0.05, 0.1) is 31.2 Å². The Balaban J connectivity index is 2.49. The monoisotopic (exact) mass is 246 g/mol. The van der Waals surface area contributed by atoms with Gasteiger partial charge in [0, 0.05) is 0 Å². The Morgan fingerprint density at radius 3 is 2.72 bits per heavy atom. The number of rotatable bonds is 4. The molecule has 1 aromatic carbocycles. The Morgan fingerprint density at radius 2 is 2.17 bits per heavy atom. The highest BCUT2D eigenvalue weighted by atomic mass is 16.5. The number of nitrogens with zero attached hydrogens (tertiary/aromatic N) is 1. The van der Waals surface area contributed by atoms with E-state index in [4.69, 9.17) is 9.84 Å². The van der Waals surface area contributed by atoms with Crippen molar-refractivity contribution in [3.63, 3.8) is 0 Å². The average Bonchev–Trinajstić information content (AvgIpc) is 2.86. The summed E-state index contributed by atoms with van der Waals surface area (Å²) in [7, 11) is 1.64. The maximum absolute atomic E-state index is 9.06. The number of hydrogen-bond acceptors (Lipinski definition) is 3. The number of methoxy groups -OCH3 is 1. The molecule has 2 N–H and O–H groups in total. The summed E-state index contributed by atoms with van der Waals surface area (Å²) >= 11 is 0. The van der Waals surface area contributed by atoms with E-state index in [2.05, 4.69) is 35.9 Å². The Bertz CT molecular complexity index is 532. The normalized spacial score (nSPS) is 10.9. The molecule has 4 heteroatoms. The summed E-state index contributed by atoms with van der Waals surface area (Å²) < 4.78 is 5.35. The van der Waals surface area contributed by atoms with Crippen molar-refractivity contribution in [3.8, 4) is 17.1 Å². The summed E-state index contributed by atoms with van der Waals surface area (Å²) in [5.74, 6) is 1.94. The van der Waals surface area contributed by atoms with Crippen molar-refractivity contribution < 1.29 is 9.84 Å². The van der Waals surface area contributed by atoms with Crippen LogP contribution >= 0.6 is 0 Å². The van der Waals surface area contributed by atoms with E-state index in [1.165, 1.54) is 5.56 Å². The molecule has 0 amide bonds. The molecule has 0 saturated heterocycles. The highest BCUT2D eigenvalue weighted by Gasteiger charge is 2.11. The maximum atomic E-state index is 9.06. The zero-order valence-electron chi connectivity index (χ0n) is 10.9. The Hall–Kier alpha value is -1.81. The van der Waals surface area contributed by atoms with Crippen LogP contribution in [0.3, 0.4) is 0 Å². The van der Waals surface area contributed by atoms with Crippen molar-refractivity contribution in [1.82, 2.24) is 9.97 Å². The van der Waals surface area contributed by atoms with E-state index in [-0.39, 0.29) is 6.61 Å². The van der Waals surface area contributed by atoms with E-state index in [0.29, 0.717) is 11.6 Å². The van der Waals surface area contributed by atoms with Crippen LogP contribution in [0.2, 0.25) is 0 Å². The maximum Gasteiger partial charge on any atom is 0.141 e. The molecule has 2 rings (SSSR count). The molecule has 0 spiro atoms. The summed E-state index contributed by atoms with van der Waals surface area (Å²) in [5, 5.41) is 9.06. The number of H-pyrrole nitrogens is 1. The van der Waals surface area contributed by atoms with Crippen LogP contribution in [0.15, 0.2) is 24.4 Å². The van der Waals surface area contributed by atoms with Crippen molar-refractivity contribution in [3.05, 3.63) is 35.7 Å². The molecule has 0 aliphatic heterocycles. The van der Waals surface area contributed by atoms with Crippen LogP contribution in [-0.4, -0.2) is 22.2 Å². The number of benzene rings is 1. The van der Waals surface area contributed by atoms with Gasteiger partial charge >= 0.3 is 0 Å². The number of aliphatic hydroxyl groups excluding tert-OH is 1. The van der Waals surface area contributed by atoms with Crippen LogP contribution in [0.1, 0.15) is 31.0 Å². The van der Waals surface area contributed by atoms with E-state index < -0.39 is 0 Å².